The highest BCUT2D eigenvalue weighted by atomic mass is 31.0. The summed E-state index contributed by atoms with van der Waals surface area (Å²) < 4.78 is 0. The maximum absolute atomic E-state index is 2.79. The highest BCUT2D eigenvalue weighted by molar-refractivity contribution is 7.27. The first-order valence-electron chi connectivity index (χ1n) is 3.59. The van der Waals surface area contributed by atoms with E-state index in [9.17, 15) is 0 Å². The molecule has 1 heteroatoms. The van der Waals surface area contributed by atoms with E-state index in [4.69, 9.17) is 0 Å². The molecule has 0 aliphatic carbocycles. The van der Waals surface area contributed by atoms with Gasteiger partial charge in [0.2, 0.25) is 0 Å². The summed E-state index contributed by atoms with van der Waals surface area (Å²) in [6.45, 7) is 4.32. The Bertz CT molecular complexity index is 228. The van der Waals surface area contributed by atoms with Gasteiger partial charge in [0.15, 0.2) is 0 Å². The van der Waals surface area contributed by atoms with Crippen molar-refractivity contribution in [1.29, 1.82) is 0 Å². The van der Waals surface area contributed by atoms with E-state index < -0.39 is 0 Å². The van der Waals surface area contributed by atoms with Gasteiger partial charge in [0.05, 0.1) is 0 Å². The summed E-state index contributed by atoms with van der Waals surface area (Å²) in [6, 6.07) is 6.43. The summed E-state index contributed by atoms with van der Waals surface area (Å²) in [4.78, 5) is 0. The molecule has 1 rings (SSSR count). The first-order chi connectivity index (χ1) is 4.75. The molecule has 0 N–H and O–H groups in total. The normalized spacial score (nSPS) is 9.90. The van der Waals surface area contributed by atoms with E-state index in [1.54, 1.807) is 0 Å². The zero-order valence-corrected chi connectivity index (χ0v) is 7.67. The van der Waals surface area contributed by atoms with Crippen molar-refractivity contribution >= 4 is 14.5 Å². The van der Waals surface area contributed by atoms with Crippen molar-refractivity contribution < 1.29 is 0 Å². The summed E-state index contributed by atoms with van der Waals surface area (Å²) in [7, 11) is 2.79. The van der Waals surface area contributed by atoms with E-state index in [2.05, 4.69) is 41.3 Å². The Kier molecular flexibility index (Phi) is 2.45. The predicted molar refractivity (Wildman–Crippen MR) is 49.9 cm³/mol. The number of rotatable bonds is 1. The molecule has 54 valence electrons. The van der Waals surface area contributed by atoms with Gasteiger partial charge >= 0.3 is 0 Å². The van der Waals surface area contributed by atoms with Gasteiger partial charge in [-0.25, -0.2) is 0 Å². The highest BCUT2D eigenvalue weighted by Crippen LogP contribution is 2.05. The van der Waals surface area contributed by atoms with E-state index in [0.717, 1.165) is 6.42 Å². The monoisotopic (exact) mass is 152 g/mol. The predicted octanol–water partition coefficient (Wildman–Crippen LogP) is 2.06. The second-order valence-corrected chi connectivity index (χ2v) is 3.08. The highest BCUT2D eigenvalue weighted by Gasteiger charge is 1.95. The molecule has 0 radical (unpaired) electrons. The number of benzene rings is 1. The van der Waals surface area contributed by atoms with Crippen LogP contribution in [-0.2, 0) is 6.42 Å². The van der Waals surface area contributed by atoms with Crippen LogP contribution in [0.15, 0.2) is 18.2 Å². The maximum atomic E-state index is 2.79. The average molecular weight is 152 g/mol. The zero-order valence-electron chi connectivity index (χ0n) is 6.52. The van der Waals surface area contributed by atoms with Crippen molar-refractivity contribution in [3.63, 3.8) is 0 Å². The van der Waals surface area contributed by atoms with Crippen LogP contribution >= 0.6 is 9.24 Å². The van der Waals surface area contributed by atoms with Gasteiger partial charge in [0.1, 0.15) is 0 Å². The molecule has 1 aromatic carbocycles. The van der Waals surface area contributed by atoms with Crippen LogP contribution in [0.4, 0.5) is 0 Å². The summed E-state index contributed by atoms with van der Waals surface area (Å²) in [5.74, 6) is 0. The Labute approximate surface area is 64.9 Å². The van der Waals surface area contributed by atoms with Crippen LogP contribution in [0.5, 0.6) is 0 Å². The lowest BCUT2D eigenvalue weighted by molar-refractivity contribution is 1.15. The van der Waals surface area contributed by atoms with Crippen molar-refractivity contribution in [2.45, 2.75) is 20.3 Å². The van der Waals surface area contributed by atoms with Gasteiger partial charge in [-0.3, -0.25) is 0 Å². The Hall–Kier alpha value is -0.350. The van der Waals surface area contributed by atoms with Crippen LogP contribution in [0.1, 0.15) is 18.1 Å². The molecular formula is C9H13P. The lowest BCUT2D eigenvalue weighted by Gasteiger charge is -2.04. The van der Waals surface area contributed by atoms with Gasteiger partial charge in [-0.2, -0.15) is 0 Å². The van der Waals surface area contributed by atoms with Crippen LogP contribution in [0.2, 0.25) is 0 Å². The SMILES string of the molecule is CCc1cccc(C)c1P. The zero-order chi connectivity index (χ0) is 7.56. The summed E-state index contributed by atoms with van der Waals surface area (Å²) in [5.41, 5.74) is 2.80. The smallest absolute Gasteiger partial charge is 0.0242 e. The molecule has 1 aromatic rings. The second kappa shape index (κ2) is 3.16. The fourth-order valence-corrected chi connectivity index (χ4v) is 1.45. The summed E-state index contributed by atoms with van der Waals surface area (Å²) >= 11 is 0. The Morgan fingerprint density at radius 1 is 1.40 bits per heavy atom. The molecule has 1 atom stereocenters. The standard InChI is InChI=1S/C9H13P/c1-3-8-6-4-5-7(2)9(8)10/h4-6H,3,10H2,1-2H3. The number of aryl methyl sites for hydroxylation is 2. The quantitative estimate of drug-likeness (QED) is 0.540. The fourth-order valence-electron chi connectivity index (χ4n) is 1.05. The number of hydrogen-bond donors (Lipinski definition) is 0. The van der Waals surface area contributed by atoms with Crippen LogP contribution in [0, 0.1) is 6.92 Å². The lowest BCUT2D eigenvalue weighted by atomic mass is 10.1. The average Bonchev–Trinajstić information content (AvgIpc) is 1.95. The van der Waals surface area contributed by atoms with Crippen molar-refractivity contribution in [3.8, 4) is 0 Å². The molecule has 10 heavy (non-hydrogen) atoms. The van der Waals surface area contributed by atoms with Crippen LogP contribution in [0.25, 0.3) is 0 Å². The topological polar surface area (TPSA) is 0 Å². The van der Waals surface area contributed by atoms with E-state index >= 15 is 0 Å². The van der Waals surface area contributed by atoms with Crippen molar-refractivity contribution in [1.82, 2.24) is 0 Å². The van der Waals surface area contributed by atoms with Gasteiger partial charge < -0.3 is 0 Å². The maximum Gasteiger partial charge on any atom is -0.0242 e. The first-order valence-corrected chi connectivity index (χ1v) is 4.17. The Morgan fingerprint density at radius 3 is 2.60 bits per heavy atom. The van der Waals surface area contributed by atoms with Gasteiger partial charge in [0.25, 0.3) is 0 Å². The number of hydrogen-bond acceptors (Lipinski definition) is 0. The van der Waals surface area contributed by atoms with Crippen molar-refractivity contribution in [2.75, 3.05) is 0 Å². The Morgan fingerprint density at radius 2 is 2.10 bits per heavy atom. The van der Waals surface area contributed by atoms with Crippen molar-refractivity contribution in [3.05, 3.63) is 29.3 Å². The molecule has 0 saturated carbocycles. The van der Waals surface area contributed by atoms with Gasteiger partial charge in [-0.1, -0.05) is 25.1 Å². The van der Waals surface area contributed by atoms with E-state index in [1.165, 1.54) is 16.4 Å². The van der Waals surface area contributed by atoms with Crippen LogP contribution in [0.3, 0.4) is 0 Å². The summed E-state index contributed by atoms with van der Waals surface area (Å²) in [6.07, 6.45) is 1.13. The van der Waals surface area contributed by atoms with Crippen LogP contribution < -0.4 is 5.30 Å². The molecule has 0 bridgehead atoms. The molecule has 0 fully saturated rings. The largest absolute Gasteiger partial charge is 0.105 e. The van der Waals surface area contributed by atoms with Gasteiger partial charge in [-0.15, -0.1) is 9.24 Å². The first kappa shape index (κ1) is 7.75. The van der Waals surface area contributed by atoms with E-state index in [0.29, 0.717) is 0 Å². The molecule has 0 amide bonds. The van der Waals surface area contributed by atoms with E-state index in [-0.39, 0.29) is 0 Å². The molecule has 0 saturated heterocycles. The second-order valence-electron chi connectivity index (χ2n) is 2.50. The van der Waals surface area contributed by atoms with Crippen molar-refractivity contribution in [2.24, 2.45) is 0 Å². The third-order valence-electron chi connectivity index (χ3n) is 1.80. The minimum absolute atomic E-state index is 1.13. The molecule has 0 nitrogen and oxygen atoms in total. The molecule has 0 heterocycles. The Balaban J connectivity index is 3.14. The molecule has 1 unspecified atom stereocenters. The molecule has 0 spiro atoms. The third-order valence-corrected chi connectivity index (χ3v) is 2.62. The minimum atomic E-state index is 1.13. The lowest BCUT2D eigenvalue weighted by Crippen LogP contribution is -2.03. The molecule has 0 aromatic heterocycles. The minimum Gasteiger partial charge on any atom is -0.105 e. The summed E-state index contributed by atoms with van der Waals surface area (Å²) in [5, 5.41) is 1.37. The molecular weight excluding hydrogens is 139 g/mol. The molecule has 0 aliphatic heterocycles. The van der Waals surface area contributed by atoms with Gasteiger partial charge in [-0.05, 0) is 29.8 Å². The molecule has 0 aliphatic rings. The fraction of sp³-hybridized carbons (Fsp3) is 0.333. The van der Waals surface area contributed by atoms with Crippen LogP contribution in [-0.4, -0.2) is 0 Å². The van der Waals surface area contributed by atoms with E-state index in [1.807, 2.05) is 0 Å². The third kappa shape index (κ3) is 1.38. The van der Waals surface area contributed by atoms with Gasteiger partial charge in [0, 0.05) is 0 Å².